The molecule has 0 fully saturated rings. The number of aromatic nitrogens is 2. The SMILES string of the molecule is CCC(C)(CCO)NC(=O)Cn1nc(C)c(Cl)c1C. The van der Waals surface area contributed by atoms with Crippen LogP contribution in [0.3, 0.4) is 0 Å². The molecule has 1 atom stereocenters. The molecule has 1 amide bonds. The predicted octanol–water partition coefficient (Wildman–Crippen LogP) is 1.82. The van der Waals surface area contributed by atoms with Gasteiger partial charge in [0.15, 0.2) is 0 Å². The number of carbonyl (C=O) groups excluding carboxylic acids is 1. The van der Waals surface area contributed by atoms with Crippen molar-refractivity contribution in [1.82, 2.24) is 15.1 Å². The van der Waals surface area contributed by atoms with Crippen molar-refractivity contribution in [2.24, 2.45) is 0 Å². The average molecular weight is 288 g/mol. The summed E-state index contributed by atoms with van der Waals surface area (Å²) in [5, 5.41) is 16.8. The molecule has 0 radical (unpaired) electrons. The van der Waals surface area contributed by atoms with Gasteiger partial charge in [0.05, 0.1) is 16.4 Å². The highest BCUT2D eigenvalue weighted by atomic mass is 35.5. The van der Waals surface area contributed by atoms with Crippen LogP contribution in [0.15, 0.2) is 0 Å². The fourth-order valence-corrected chi connectivity index (χ4v) is 2.05. The lowest BCUT2D eigenvalue weighted by molar-refractivity contribution is -0.123. The molecule has 1 heterocycles. The molecule has 0 saturated heterocycles. The van der Waals surface area contributed by atoms with Crippen LogP contribution in [0.2, 0.25) is 5.02 Å². The minimum absolute atomic E-state index is 0.0519. The topological polar surface area (TPSA) is 67.2 Å². The van der Waals surface area contributed by atoms with Crippen molar-refractivity contribution in [3.8, 4) is 0 Å². The Morgan fingerprint density at radius 3 is 2.58 bits per heavy atom. The second-order valence-corrected chi connectivity index (χ2v) is 5.46. The molecule has 5 nitrogen and oxygen atoms in total. The zero-order valence-electron chi connectivity index (χ0n) is 12.0. The summed E-state index contributed by atoms with van der Waals surface area (Å²) in [6.07, 6.45) is 1.30. The molecule has 0 aliphatic rings. The minimum Gasteiger partial charge on any atom is -0.396 e. The molecule has 0 aromatic carbocycles. The van der Waals surface area contributed by atoms with Crippen molar-refractivity contribution in [1.29, 1.82) is 0 Å². The number of hydrogen-bond donors (Lipinski definition) is 2. The first kappa shape index (κ1) is 16.0. The predicted molar refractivity (Wildman–Crippen MR) is 75.3 cm³/mol. The van der Waals surface area contributed by atoms with Gasteiger partial charge in [0.1, 0.15) is 6.54 Å². The van der Waals surface area contributed by atoms with Crippen LogP contribution in [0, 0.1) is 13.8 Å². The van der Waals surface area contributed by atoms with E-state index in [-0.39, 0.29) is 24.6 Å². The van der Waals surface area contributed by atoms with Gasteiger partial charge in [0.25, 0.3) is 0 Å². The normalized spacial score (nSPS) is 14.2. The number of amides is 1. The molecule has 0 bridgehead atoms. The van der Waals surface area contributed by atoms with Gasteiger partial charge in [-0.15, -0.1) is 0 Å². The van der Waals surface area contributed by atoms with Crippen molar-refractivity contribution in [3.63, 3.8) is 0 Å². The van der Waals surface area contributed by atoms with E-state index in [4.69, 9.17) is 16.7 Å². The average Bonchev–Trinajstić information content (AvgIpc) is 2.57. The Kier molecular flexibility index (Phi) is 5.38. The standard InChI is InChI=1S/C13H22ClN3O2/c1-5-13(4,6-7-18)15-11(19)8-17-10(3)12(14)9(2)16-17/h18H,5-8H2,1-4H3,(H,15,19). The van der Waals surface area contributed by atoms with E-state index in [9.17, 15) is 4.79 Å². The van der Waals surface area contributed by atoms with E-state index in [1.807, 2.05) is 27.7 Å². The Hall–Kier alpha value is -1.07. The molecule has 0 spiro atoms. The van der Waals surface area contributed by atoms with Crippen LogP contribution in [0.5, 0.6) is 0 Å². The fraction of sp³-hybridized carbons (Fsp3) is 0.692. The Morgan fingerprint density at radius 2 is 2.16 bits per heavy atom. The van der Waals surface area contributed by atoms with Crippen LogP contribution in [0.25, 0.3) is 0 Å². The monoisotopic (exact) mass is 287 g/mol. The maximum atomic E-state index is 12.0. The molecular weight excluding hydrogens is 266 g/mol. The zero-order valence-corrected chi connectivity index (χ0v) is 12.7. The van der Waals surface area contributed by atoms with Crippen molar-refractivity contribution in [2.45, 2.75) is 52.6 Å². The van der Waals surface area contributed by atoms with Crippen LogP contribution in [-0.4, -0.2) is 32.9 Å². The lowest BCUT2D eigenvalue weighted by atomic mass is 9.95. The van der Waals surface area contributed by atoms with Gasteiger partial charge in [-0.3, -0.25) is 9.48 Å². The first-order chi connectivity index (χ1) is 8.83. The summed E-state index contributed by atoms with van der Waals surface area (Å²) >= 11 is 6.04. The number of nitrogens with zero attached hydrogens (tertiary/aromatic N) is 2. The molecule has 1 unspecified atom stereocenters. The Bertz CT molecular complexity index is 459. The quantitative estimate of drug-likeness (QED) is 0.839. The van der Waals surface area contributed by atoms with E-state index in [0.717, 1.165) is 17.8 Å². The van der Waals surface area contributed by atoms with E-state index in [0.29, 0.717) is 11.4 Å². The van der Waals surface area contributed by atoms with Crippen LogP contribution in [0.1, 0.15) is 38.1 Å². The summed E-state index contributed by atoms with van der Waals surface area (Å²) < 4.78 is 1.60. The molecule has 1 aromatic heterocycles. The fourth-order valence-electron chi connectivity index (χ4n) is 1.92. The van der Waals surface area contributed by atoms with Gasteiger partial charge >= 0.3 is 0 Å². The van der Waals surface area contributed by atoms with Gasteiger partial charge in [-0.05, 0) is 33.6 Å². The highest BCUT2D eigenvalue weighted by molar-refractivity contribution is 6.31. The van der Waals surface area contributed by atoms with Gasteiger partial charge in [-0.25, -0.2) is 0 Å². The van der Waals surface area contributed by atoms with Crippen LogP contribution < -0.4 is 5.32 Å². The second-order valence-electron chi connectivity index (χ2n) is 5.08. The van der Waals surface area contributed by atoms with Gasteiger partial charge in [-0.1, -0.05) is 18.5 Å². The molecule has 1 aromatic rings. The Labute approximate surface area is 118 Å². The third-order valence-corrected chi connectivity index (χ3v) is 4.02. The Morgan fingerprint density at radius 1 is 1.53 bits per heavy atom. The third kappa shape index (κ3) is 3.94. The lowest BCUT2D eigenvalue weighted by Crippen LogP contribution is -2.47. The minimum atomic E-state index is -0.383. The summed E-state index contributed by atoms with van der Waals surface area (Å²) in [6, 6.07) is 0. The number of aryl methyl sites for hydroxylation is 1. The van der Waals surface area contributed by atoms with E-state index in [1.165, 1.54) is 0 Å². The number of aliphatic hydroxyl groups excluding tert-OH is 1. The molecule has 0 aliphatic carbocycles. The summed E-state index contributed by atoms with van der Waals surface area (Å²) in [6.45, 7) is 7.75. The van der Waals surface area contributed by atoms with Crippen molar-refractivity contribution < 1.29 is 9.90 Å². The highest BCUT2D eigenvalue weighted by Gasteiger charge is 2.24. The summed E-state index contributed by atoms with van der Waals surface area (Å²) in [5.74, 6) is -0.125. The lowest BCUT2D eigenvalue weighted by Gasteiger charge is -2.29. The van der Waals surface area contributed by atoms with E-state index < -0.39 is 0 Å². The first-order valence-electron chi connectivity index (χ1n) is 6.44. The van der Waals surface area contributed by atoms with Crippen LogP contribution >= 0.6 is 11.6 Å². The smallest absolute Gasteiger partial charge is 0.242 e. The highest BCUT2D eigenvalue weighted by Crippen LogP contribution is 2.19. The van der Waals surface area contributed by atoms with Crippen LogP contribution in [0.4, 0.5) is 0 Å². The van der Waals surface area contributed by atoms with E-state index in [2.05, 4.69) is 10.4 Å². The number of carbonyl (C=O) groups is 1. The first-order valence-corrected chi connectivity index (χ1v) is 6.82. The molecule has 1 rings (SSSR count). The molecule has 6 heteroatoms. The molecule has 0 saturated carbocycles. The molecule has 108 valence electrons. The zero-order chi connectivity index (χ0) is 14.6. The number of aliphatic hydroxyl groups is 1. The van der Waals surface area contributed by atoms with Gasteiger partial charge in [0.2, 0.25) is 5.91 Å². The van der Waals surface area contributed by atoms with Gasteiger partial charge in [-0.2, -0.15) is 5.10 Å². The molecule has 19 heavy (non-hydrogen) atoms. The molecular formula is C13H22ClN3O2. The van der Waals surface area contributed by atoms with E-state index in [1.54, 1.807) is 4.68 Å². The molecule has 2 N–H and O–H groups in total. The van der Waals surface area contributed by atoms with Crippen molar-refractivity contribution in [2.75, 3.05) is 6.61 Å². The van der Waals surface area contributed by atoms with E-state index >= 15 is 0 Å². The van der Waals surface area contributed by atoms with Gasteiger partial charge in [0, 0.05) is 12.1 Å². The number of halogens is 1. The van der Waals surface area contributed by atoms with Crippen LogP contribution in [-0.2, 0) is 11.3 Å². The number of nitrogens with one attached hydrogen (secondary N) is 1. The summed E-state index contributed by atoms with van der Waals surface area (Å²) in [5.41, 5.74) is 1.13. The van der Waals surface area contributed by atoms with Crippen molar-refractivity contribution in [3.05, 3.63) is 16.4 Å². The Balaban J connectivity index is 2.72. The maximum Gasteiger partial charge on any atom is 0.242 e. The number of hydrogen-bond acceptors (Lipinski definition) is 3. The van der Waals surface area contributed by atoms with Gasteiger partial charge < -0.3 is 10.4 Å². The summed E-state index contributed by atoms with van der Waals surface area (Å²) in [7, 11) is 0. The number of rotatable bonds is 6. The van der Waals surface area contributed by atoms with Crippen molar-refractivity contribution >= 4 is 17.5 Å². The summed E-state index contributed by atoms with van der Waals surface area (Å²) in [4.78, 5) is 12.0. The second kappa shape index (κ2) is 6.39. The molecule has 0 aliphatic heterocycles. The largest absolute Gasteiger partial charge is 0.396 e. The third-order valence-electron chi connectivity index (χ3n) is 3.47. The maximum absolute atomic E-state index is 12.0.